The first-order valence-electron chi connectivity index (χ1n) is 10.1. The van der Waals surface area contributed by atoms with Crippen LogP contribution in [0, 0.1) is 0 Å². The fourth-order valence-electron chi connectivity index (χ4n) is 4.39. The SMILES string of the molecule is O=C(O)N1C[C@@H]2C[C@H]1[C@@H](c1ccc(N=C(c3ccccc3)c3ccccc3)cc1)O2. The highest BCUT2D eigenvalue weighted by molar-refractivity contribution is 6.13. The molecule has 30 heavy (non-hydrogen) atoms. The highest BCUT2D eigenvalue weighted by Gasteiger charge is 2.48. The first-order valence-corrected chi connectivity index (χ1v) is 10.1. The van der Waals surface area contributed by atoms with Crippen LogP contribution in [0.1, 0.15) is 29.2 Å². The van der Waals surface area contributed by atoms with E-state index in [0.717, 1.165) is 34.5 Å². The Kier molecular flexibility index (Phi) is 4.81. The minimum atomic E-state index is -0.868. The van der Waals surface area contributed by atoms with E-state index in [1.807, 2.05) is 60.7 Å². The predicted octanol–water partition coefficient (Wildman–Crippen LogP) is 5.05. The Morgan fingerprint density at radius 3 is 2.03 bits per heavy atom. The Bertz CT molecular complexity index is 1020. The van der Waals surface area contributed by atoms with Crippen molar-refractivity contribution in [2.24, 2.45) is 4.99 Å². The number of fused-ring (bicyclic) bond motifs is 2. The molecule has 5 nitrogen and oxygen atoms in total. The number of amides is 1. The zero-order valence-electron chi connectivity index (χ0n) is 16.4. The van der Waals surface area contributed by atoms with Gasteiger partial charge in [0.2, 0.25) is 0 Å². The minimum Gasteiger partial charge on any atom is -0.465 e. The predicted molar refractivity (Wildman–Crippen MR) is 115 cm³/mol. The normalized spacial score (nSPS) is 22.1. The lowest BCUT2D eigenvalue weighted by atomic mass is 10.0. The maximum absolute atomic E-state index is 11.5. The Morgan fingerprint density at radius 2 is 1.50 bits per heavy atom. The maximum Gasteiger partial charge on any atom is 0.407 e. The number of hydrogen-bond acceptors (Lipinski definition) is 3. The van der Waals surface area contributed by atoms with Crippen molar-refractivity contribution >= 4 is 17.5 Å². The van der Waals surface area contributed by atoms with Gasteiger partial charge in [-0.05, 0) is 24.1 Å². The highest BCUT2D eigenvalue weighted by atomic mass is 16.5. The molecule has 150 valence electrons. The van der Waals surface area contributed by atoms with E-state index >= 15 is 0 Å². The van der Waals surface area contributed by atoms with Gasteiger partial charge in [0.1, 0.15) is 6.10 Å². The van der Waals surface area contributed by atoms with E-state index in [1.54, 1.807) is 0 Å². The van der Waals surface area contributed by atoms with E-state index < -0.39 is 6.09 Å². The molecule has 0 radical (unpaired) electrons. The molecular formula is C25H22N2O3. The molecule has 3 aromatic carbocycles. The topological polar surface area (TPSA) is 62.1 Å². The average molecular weight is 398 g/mol. The molecule has 2 heterocycles. The second-order valence-electron chi connectivity index (χ2n) is 7.70. The third-order valence-electron chi connectivity index (χ3n) is 5.80. The summed E-state index contributed by atoms with van der Waals surface area (Å²) in [6.07, 6.45) is -0.312. The summed E-state index contributed by atoms with van der Waals surface area (Å²) in [6.45, 7) is 0.469. The van der Waals surface area contributed by atoms with Crippen molar-refractivity contribution in [2.45, 2.75) is 24.7 Å². The fraction of sp³-hybridized carbons (Fsp3) is 0.200. The first kappa shape index (κ1) is 18.6. The fourth-order valence-corrected chi connectivity index (χ4v) is 4.39. The van der Waals surface area contributed by atoms with Crippen LogP contribution in [0.15, 0.2) is 89.9 Å². The number of morpholine rings is 1. The lowest BCUT2D eigenvalue weighted by Crippen LogP contribution is -2.42. The quantitative estimate of drug-likeness (QED) is 0.626. The number of nitrogens with zero attached hydrogens (tertiary/aromatic N) is 2. The van der Waals surface area contributed by atoms with E-state index in [4.69, 9.17) is 9.73 Å². The lowest BCUT2D eigenvalue weighted by molar-refractivity contribution is -0.0287. The standard InChI is InChI=1S/C25H22N2O3/c28-25(29)27-16-21-15-22(27)24(30-21)19-11-13-20(14-12-19)26-23(17-7-3-1-4-8-17)18-9-5-2-6-10-18/h1-14,21-22,24H,15-16H2,(H,28,29)/t21-,22-,24+/m0/s1. The van der Waals surface area contributed by atoms with Gasteiger partial charge in [-0.2, -0.15) is 0 Å². The van der Waals surface area contributed by atoms with Gasteiger partial charge in [-0.3, -0.25) is 4.90 Å². The van der Waals surface area contributed by atoms with Gasteiger partial charge in [-0.25, -0.2) is 9.79 Å². The number of carboxylic acid groups (broad SMARTS) is 1. The van der Waals surface area contributed by atoms with Gasteiger partial charge in [-0.15, -0.1) is 0 Å². The number of hydrogen-bond donors (Lipinski definition) is 1. The molecule has 0 aliphatic carbocycles. The van der Waals surface area contributed by atoms with Crippen LogP contribution in [0.25, 0.3) is 0 Å². The third-order valence-corrected chi connectivity index (χ3v) is 5.80. The Balaban J connectivity index is 1.44. The van der Waals surface area contributed by atoms with Gasteiger partial charge in [-0.1, -0.05) is 72.8 Å². The molecule has 5 heteroatoms. The van der Waals surface area contributed by atoms with E-state index in [1.165, 1.54) is 4.90 Å². The Hall–Kier alpha value is -3.44. The molecule has 0 unspecified atom stereocenters. The summed E-state index contributed by atoms with van der Waals surface area (Å²) in [7, 11) is 0. The van der Waals surface area contributed by atoms with Crippen LogP contribution in [0.3, 0.4) is 0 Å². The maximum atomic E-state index is 11.5. The van der Waals surface area contributed by atoms with Crippen LogP contribution >= 0.6 is 0 Å². The molecule has 2 saturated heterocycles. The molecule has 2 fully saturated rings. The van der Waals surface area contributed by atoms with Gasteiger partial charge in [0.25, 0.3) is 0 Å². The van der Waals surface area contributed by atoms with Gasteiger partial charge < -0.3 is 9.84 Å². The molecule has 0 spiro atoms. The number of likely N-dealkylation sites (tertiary alicyclic amines) is 1. The van der Waals surface area contributed by atoms with Crippen molar-refractivity contribution in [1.82, 2.24) is 4.90 Å². The number of benzene rings is 3. The molecule has 3 atom stereocenters. The van der Waals surface area contributed by atoms with E-state index in [9.17, 15) is 9.90 Å². The lowest BCUT2D eigenvalue weighted by Gasteiger charge is -2.31. The summed E-state index contributed by atoms with van der Waals surface area (Å²) in [5.74, 6) is 0. The van der Waals surface area contributed by atoms with Gasteiger partial charge in [0, 0.05) is 11.1 Å². The summed E-state index contributed by atoms with van der Waals surface area (Å²) >= 11 is 0. The summed E-state index contributed by atoms with van der Waals surface area (Å²) in [4.78, 5) is 17.9. The van der Waals surface area contributed by atoms with E-state index in [-0.39, 0.29) is 18.2 Å². The molecule has 5 rings (SSSR count). The number of aliphatic imine (C=N–C) groups is 1. The van der Waals surface area contributed by atoms with Crippen molar-refractivity contribution in [3.8, 4) is 0 Å². The van der Waals surface area contributed by atoms with E-state index in [0.29, 0.717) is 6.54 Å². The van der Waals surface area contributed by atoms with Crippen LogP contribution in [0.5, 0.6) is 0 Å². The van der Waals surface area contributed by atoms with Crippen molar-refractivity contribution in [1.29, 1.82) is 0 Å². The third kappa shape index (κ3) is 3.48. The summed E-state index contributed by atoms with van der Waals surface area (Å²) < 4.78 is 6.05. The number of ether oxygens (including phenoxy) is 1. The van der Waals surface area contributed by atoms with E-state index in [2.05, 4.69) is 24.3 Å². The molecule has 1 N–H and O–H groups in total. The molecule has 2 bridgehead atoms. The summed E-state index contributed by atoms with van der Waals surface area (Å²) in [5, 5.41) is 9.41. The van der Waals surface area contributed by atoms with Crippen LogP contribution < -0.4 is 0 Å². The molecular weight excluding hydrogens is 376 g/mol. The van der Waals surface area contributed by atoms with Crippen molar-refractivity contribution in [3.05, 3.63) is 102 Å². The van der Waals surface area contributed by atoms with Gasteiger partial charge in [0.05, 0.1) is 30.1 Å². The van der Waals surface area contributed by atoms with Crippen LogP contribution in [-0.4, -0.2) is 40.5 Å². The van der Waals surface area contributed by atoms with Crippen LogP contribution in [0.4, 0.5) is 10.5 Å². The van der Waals surface area contributed by atoms with Crippen molar-refractivity contribution in [3.63, 3.8) is 0 Å². The molecule has 3 aromatic rings. The molecule has 2 aliphatic heterocycles. The second-order valence-corrected chi connectivity index (χ2v) is 7.70. The number of carbonyl (C=O) groups is 1. The molecule has 2 aliphatic rings. The van der Waals surface area contributed by atoms with Crippen LogP contribution in [-0.2, 0) is 4.74 Å². The average Bonchev–Trinajstić information content (AvgIpc) is 3.41. The Labute approximate surface area is 175 Å². The zero-order valence-corrected chi connectivity index (χ0v) is 16.4. The monoisotopic (exact) mass is 398 g/mol. The first-order chi connectivity index (χ1) is 14.7. The second kappa shape index (κ2) is 7.76. The minimum absolute atomic E-state index is 0.00318. The summed E-state index contributed by atoms with van der Waals surface area (Å²) in [5.41, 5.74) is 4.87. The molecule has 1 amide bonds. The summed E-state index contributed by atoms with van der Waals surface area (Å²) in [6, 6.07) is 28.1. The number of rotatable bonds is 4. The van der Waals surface area contributed by atoms with Gasteiger partial charge >= 0.3 is 6.09 Å². The highest BCUT2D eigenvalue weighted by Crippen LogP contribution is 2.42. The zero-order chi connectivity index (χ0) is 20.5. The van der Waals surface area contributed by atoms with Crippen molar-refractivity contribution < 1.29 is 14.6 Å². The smallest absolute Gasteiger partial charge is 0.407 e. The van der Waals surface area contributed by atoms with Crippen LogP contribution in [0.2, 0.25) is 0 Å². The largest absolute Gasteiger partial charge is 0.465 e. The van der Waals surface area contributed by atoms with Gasteiger partial charge in [0.15, 0.2) is 0 Å². The molecule has 0 saturated carbocycles. The van der Waals surface area contributed by atoms with Crippen molar-refractivity contribution in [2.75, 3.05) is 6.54 Å². The Morgan fingerprint density at radius 1 is 0.900 bits per heavy atom. The molecule has 0 aromatic heterocycles.